The molecule has 0 aromatic heterocycles. The third-order valence-electron chi connectivity index (χ3n) is 3.17. The van der Waals surface area contributed by atoms with Gasteiger partial charge < -0.3 is 19.5 Å². The van der Waals surface area contributed by atoms with Gasteiger partial charge in [0, 0.05) is 11.3 Å². The molecule has 2 rings (SSSR count). The van der Waals surface area contributed by atoms with Gasteiger partial charge in [-0.1, -0.05) is 11.8 Å². The molecule has 1 heterocycles. The van der Waals surface area contributed by atoms with Gasteiger partial charge in [-0.15, -0.1) is 0 Å². The van der Waals surface area contributed by atoms with Crippen molar-refractivity contribution < 1.29 is 23.8 Å². The van der Waals surface area contributed by atoms with Gasteiger partial charge in [0.1, 0.15) is 0 Å². The van der Waals surface area contributed by atoms with Crippen LogP contribution in [0.1, 0.15) is 16.8 Å². The van der Waals surface area contributed by atoms with Crippen LogP contribution in [0.2, 0.25) is 0 Å². The molecule has 0 spiro atoms. The highest BCUT2D eigenvalue weighted by molar-refractivity contribution is 8.14. The molecule has 1 atom stereocenters. The van der Waals surface area contributed by atoms with Crippen molar-refractivity contribution >= 4 is 22.8 Å². The molecule has 0 bridgehead atoms. The number of hydrogen-bond acceptors (Lipinski definition) is 6. The van der Waals surface area contributed by atoms with Gasteiger partial charge in [0.2, 0.25) is 10.9 Å². The van der Waals surface area contributed by atoms with Crippen molar-refractivity contribution in [2.24, 2.45) is 0 Å². The van der Waals surface area contributed by atoms with Crippen molar-refractivity contribution in [3.8, 4) is 17.2 Å². The van der Waals surface area contributed by atoms with Crippen LogP contribution in [0.5, 0.6) is 17.2 Å². The quantitative estimate of drug-likeness (QED) is 0.888. The predicted octanol–water partition coefficient (Wildman–Crippen LogP) is 1.47. The number of hydrogen-bond donors (Lipinski definition) is 1. The molecular formula is C14H17NO5S. The topological polar surface area (TPSA) is 73.9 Å². The lowest BCUT2D eigenvalue weighted by molar-refractivity contribution is -0.112. The van der Waals surface area contributed by atoms with E-state index >= 15 is 0 Å². The molecule has 0 saturated carbocycles. The second-order valence-corrected chi connectivity index (χ2v) is 5.50. The van der Waals surface area contributed by atoms with Crippen LogP contribution >= 0.6 is 11.8 Å². The van der Waals surface area contributed by atoms with Crippen molar-refractivity contribution in [1.82, 2.24) is 5.32 Å². The number of thioether (sulfide) groups is 1. The van der Waals surface area contributed by atoms with Gasteiger partial charge in [0.05, 0.1) is 27.4 Å². The van der Waals surface area contributed by atoms with Crippen LogP contribution in [0.4, 0.5) is 0 Å². The Morgan fingerprint density at radius 1 is 1.19 bits per heavy atom. The van der Waals surface area contributed by atoms with E-state index in [1.807, 2.05) is 0 Å². The first-order valence-electron chi connectivity index (χ1n) is 6.38. The van der Waals surface area contributed by atoms with Crippen molar-refractivity contribution in [3.63, 3.8) is 0 Å². The van der Waals surface area contributed by atoms with Crippen LogP contribution < -0.4 is 19.5 Å². The van der Waals surface area contributed by atoms with E-state index in [2.05, 4.69) is 5.32 Å². The molecule has 1 saturated heterocycles. The zero-order chi connectivity index (χ0) is 15.4. The fourth-order valence-electron chi connectivity index (χ4n) is 2.08. The standard InChI is InChI=1S/C14H17NO5S/c1-18-10-6-8(7-11(19-2)12(10)20-3)13(16)15-9-4-5-21-14(9)17/h6-7,9H,4-5H2,1-3H3,(H,15,16). The van der Waals surface area contributed by atoms with Crippen molar-refractivity contribution in [3.05, 3.63) is 17.7 Å². The Kier molecular flexibility index (Phi) is 4.95. The molecule has 0 radical (unpaired) electrons. The van der Waals surface area contributed by atoms with E-state index in [0.717, 1.165) is 5.75 Å². The van der Waals surface area contributed by atoms with Gasteiger partial charge in [0.15, 0.2) is 11.5 Å². The average molecular weight is 311 g/mol. The molecule has 1 aromatic rings. The number of methoxy groups -OCH3 is 3. The lowest BCUT2D eigenvalue weighted by Crippen LogP contribution is -2.37. The highest BCUT2D eigenvalue weighted by Crippen LogP contribution is 2.38. The van der Waals surface area contributed by atoms with E-state index in [4.69, 9.17) is 14.2 Å². The van der Waals surface area contributed by atoms with Crippen molar-refractivity contribution in [1.29, 1.82) is 0 Å². The van der Waals surface area contributed by atoms with Gasteiger partial charge >= 0.3 is 0 Å². The zero-order valence-electron chi connectivity index (χ0n) is 12.1. The molecule has 1 amide bonds. The third kappa shape index (κ3) is 3.24. The Morgan fingerprint density at radius 3 is 2.24 bits per heavy atom. The van der Waals surface area contributed by atoms with Crippen LogP contribution in [-0.4, -0.2) is 44.1 Å². The summed E-state index contributed by atoms with van der Waals surface area (Å²) < 4.78 is 15.6. The summed E-state index contributed by atoms with van der Waals surface area (Å²) in [6, 6.07) is 2.69. The van der Waals surface area contributed by atoms with Crippen LogP contribution in [0.15, 0.2) is 12.1 Å². The molecule has 1 aliphatic rings. The number of nitrogens with one attached hydrogen (secondary N) is 1. The predicted molar refractivity (Wildman–Crippen MR) is 79.4 cm³/mol. The summed E-state index contributed by atoms with van der Waals surface area (Å²) in [5.74, 6) is 1.61. The number of benzene rings is 1. The molecule has 1 aliphatic heterocycles. The van der Waals surface area contributed by atoms with E-state index in [-0.39, 0.29) is 11.0 Å². The van der Waals surface area contributed by atoms with Crippen LogP contribution in [0.3, 0.4) is 0 Å². The summed E-state index contributed by atoms with van der Waals surface area (Å²) in [6.07, 6.45) is 0.652. The molecule has 1 fully saturated rings. The molecule has 7 heteroatoms. The van der Waals surface area contributed by atoms with Gasteiger partial charge in [-0.2, -0.15) is 0 Å². The van der Waals surface area contributed by atoms with E-state index in [1.54, 1.807) is 12.1 Å². The van der Waals surface area contributed by atoms with E-state index < -0.39 is 6.04 Å². The van der Waals surface area contributed by atoms with Gasteiger partial charge in [-0.25, -0.2) is 0 Å². The first kappa shape index (κ1) is 15.5. The maximum atomic E-state index is 12.3. The second kappa shape index (κ2) is 6.71. The monoisotopic (exact) mass is 311 g/mol. The minimum Gasteiger partial charge on any atom is -0.493 e. The van der Waals surface area contributed by atoms with Gasteiger partial charge in [-0.05, 0) is 18.6 Å². The fraction of sp³-hybridized carbons (Fsp3) is 0.429. The van der Waals surface area contributed by atoms with Crippen LogP contribution in [0, 0.1) is 0 Å². The SMILES string of the molecule is COc1cc(C(=O)NC2CCSC2=O)cc(OC)c1OC. The maximum absolute atomic E-state index is 12.3. The molecule has 1 unspecified atom stereocenters. The molecule has 114 valence electrons. The minimum atomic E-state index is -0.429. The smallest absolute Gasteiger partial charge is 0.252 e. The first-order chi connectivity index (χ1) is 10.1. The Hall–Kier alpha value is -1.89. The molecule has 6 nitrogen and oxygen atoms in total. The van der Waals surface area contributed by atoms with Crippen LogP contribution in [0.25, 0.3) is 0 Å². The number of carbonyl (C=O) groups is 2. The first-order valence-corrected chi connectivity index (χ1v) is 7.36. The summed E-state index contributed by atoms with van der Waals surface area (Å²) in [5, 5.41) is 2.72. The average Bonchev–Trinajstić information content (AvgIpc) is 2.90. The Morgan fingerprint density at radius 2 is 1.81 bits per heavy atom. The van der Waals surface area contributed by atoms with E-state index in [9.17, 15) is 9.59 Å². The number of carbonyl (C=O) groups excluding carboxylic acids is 2. The number of rotatable bonds is 5. The maximum Gasteiger partial charge on any atom is 0.252 e. The van der Waals surface area contributed by atoms with Gasteiger partial charge in [-0.3, -0.25) is 9.59 Å². The summed E-state index contributed by atoms with van der Waals surface area (Å²) in [5.41, 5.74) is 0.356. The number of ether oxygens (including phenoxy) is 3. The third-order valence-corrected chi connectivity index (χ3v) is 4.18. The van der Waals surface area contributed by atoms with E-state index in [0.29, 0.717) is 29.2 Å². The Balaban J connectivity index is 2.26. The molecule has 1 aromatic carbocycles. The lowest BCUT2D eigenvalue weighted by atomic mass is 10.1. The summed E-state index contributed by atoms with van der Waals surface area (Å²) in [4.78, 5) is 23.8. The van der Waals surface area contributed by atoms with E-state index in [1.165, 1.54) is 33.1 Å². The number of amides is 1. The summed E-state index contributed by atoms with van der Waals surface area (Å²) in [6.45, 7) is 0. The minimum absolute atomic E-state index is 0.00390. The van der Waals surface area contributed by atoms with Crippen LogP contribution in [-0.2, 0) is 4.79 Å². The normalized spacial score (nSPS) is 17.5. The highest BCUT2D eigenvalue weighted by atomic mass is 32.2. The zero-order valence-corrected chi connectivity index (χ0v) is 12.9. The van der Waals surface area contributed by atoms with Crippen molar-refractivity contribution in [2.75, 3.05) is 27.1 Å². The molecule has 21 heavy (non-hydrogen) atoms. The summed E-state index contributed by atoms with van der Waals surface area (Å²) in [7, 11) is 4.46. The lowest BCUT2D eigenvalue weighted by Gasteiger charge is -2.15. The Labute approximate surface area is 127 Å². The second-order valence-electron chi connectivity index (χ2n) is 4.40. The largest absolute Gasteiger partial charge is 0.493 e. The summed E-state index contributed by atoms with van der Waals surface area (Å²) >= 11 is 1.24. The molecular weight excluding hydrogens is 294 g/mol. The van der Waals surface area contributed by atoms with Gasteiger partial charge in [0.25, 0.3) is 5.91 Å². The molecule has 1 N–H and O–H groups in total. The molecule has 0 aliphatic carbocycles. The fourth-order valence-corrected chi connectivity index (χ4v) is 3.01. The van der Waals surface area contributed by atoms with Crippen molar-refractivity contribution in [2.45, 2.75) is 12.5 Å². The highest BCUT2D eigenvalue weighted by Gasteiger charge is 2.27. The Bertz CT molecular complexity index is 535.